The maximum absolute atomic E-state index is 14.6. The summed E-state index contributed by atoms with van der Waals surface area (Å²) in [5.41, 5.74) is 7.74. The second kappa shape index (κ2) is 32.2. The quantitative estimate of drug-likeness (QED) is 0.0277. The summed E-state index contributed by atoms with van der Waals surface area (Å²) in [6.45, 7) is 16.5. The molecule has 2 aliphatic rings. The van der Waals surface area contributed by atoms with E-state index in [1.165, 1.54) is 0 Å². The number of hydrogen-bond donors (Lipinski definition) is 6. The number of benzene rings is 3. The van der Waals surface area contributed by atoms with E-state index in [-0.39, 0.29) is 61.8 Å². The number of amides is 5. The van der Waals surface area contributed by atoms with Crippen LogP contribution in [-0.4, -0.2) is 162 Å². The van der Waals surface area contributed by atoms with Gasteiger partial charge in [-0.2, -0.15) is 0 Å². The van der Waals surface area contributed by atoms with Crippen molar-refractivity contribution in [2.45, 2.75) is 116 Å². The highest BCUT2D eigenvalue weighted by atomic mass is 16.6. The van der Waals surface area contributed by atoms with Gasteiger partial charge in [0.1, 0.15) is 43.4 Å². The van der Waals surface area contributed by atoms with Crippen molar-refractivity contribution in [3.05, 3.63) is 107 Å². The first kappa shape index (κ1) is 61.3. The molecule has 76 heavy (non-hydrogen) atoms. The number of epoxide rings is 1. The average molecular weight is 1060 g/mol. The molecule has 5 rings (SSSR count). The Morgan fingerprint density at radius 1 is 0.632 bits per heavy atom. The maximum atomic E-state index is 14.6. The van der Waals surface area contributed by atoms with Gasteiger partial charge in [-0.1, -0.05) is 100 Å². The van der Waals surface area contributed by atoms with E-state index in [9.17, 15) is 28.8 Å². The monoisotopic (exact) mass is 1060 g/mol. The largest absolute Gasteiger partial charge is 0.379 e. The Balaban J connectivity index is 1.22. The van der Waals surface area contributed by atoms with E-state index in [4.69, 9.17) is 29.4 Å². The molecule has 2 saturated heterocycles. The predicted octanol–water partition coefficient (Wildman–Crippen LogP) is 3.82. The summed E-state index contributed by atoms with van der Waals surface area (Å²) in [5, 5.41) is 14.9. The highest BCUT2D eigenvalue weighted by Gasteiger charge is 2.50. The van der Waals surface area contributed by atoms with Crippen molar-refractivity contribution in [1.29, 1.82) is 0 Å². The summed E-state index contributed by atoms with van der Waals surface area (Å²) in [7, 11) is 0. The van der Waals surface area contributed by atoms with Gasteiger partial charge in [-0.3, -0.25) is 28.8 Å². The lowest BCUT2D eigenvalue weighted by Crippen LogP contribution is -2.61. The van der Waals surface area contributed by atoms with E-state index >= 15 is 0 Å². The van der Waals surface area contributed by atoms with E-state index in [0.717, 1.165) is 23.1 Å². The Hall–Kier alpha value is -5.60. The number of carbonyl (C=O) groups excluding carboxylic acids is 6. The summed E-state index contributed by atoms with van der Waals surface area (Å²) >= 11 is 0. The minimum absolute atomic E-state index is 0.0403. The van der Waals surface area contributed by atoms with Gasteiger partial charge < -0.3 is 60.5 Å². The first-order valence-electron chi connectivity index (χ1n) is 27.3. The molecule has 3 aromatic carbocycles. The number of nitrogens with one attached hydrogen (secondary N) is 5. The third kappa shape index (κ3) is 21.8. The standard InChI is InChI=1S/C58H85N7O11/c1-42(2)36-49(53(67)58(5)41-76-58)62-57(71)51(38-45-16-10-7-11-17-45)64-56(70)50(37-43(3)4)63-55(69)48(23-20-44-14-8-6-9-15-44)61-52(66)40-65(26-30-74-31-27-65)39-46-18-21-47(22-19-46)54(68)60-25-13-29-73-33-35-75-34-32-72-28-12-24-59/h6-11,14-19,21-22,42-43,48-51H,12-13,20,23-41,59H2,1-5H3,(H4-,60,61,62,63,64,66,68,69,70,71)/p+1/t48?,49-,50-,51-,58+/m0/s1. The number of Topliss-reactive ketones (excluding diaryl/α,β-unsaturated/α-hetero) is 1. The number of nitrogens with zero attached hydrogens (tertiary/aromatic N) is 1. The number of hydrogen-bond acceptors (Lipinski definition) is 12. The van der Waals surface area contributed by atoms with Crippen molar-refractivity contribution < 1.29 is 56.9 Å². The number of ether oxygens (including phenoxy) is 5. The molecule has 0 bridgehead atoms. The summed E-state index contributed by atoms with van der Waals surface area (Å²) in [6.07, 6.45) is 2.99. The zero-order valence-corrected chi connectivity index (χ0v) is 45.6. The molecule has 2 fully saturated rings. The van der Waals surface area contributed by atoms with Crippen LogP contribution in [0.1, 0.15) is 93.8 Å². The fourth-order valence-electron chi connectivity index (χ4n) is 9.13. The fraction of sp³-hybridized carbons (Fsp3) is 0.586. The number of carbonyl (C=O) groups is 6. The molecule has 3 aromatic rings. The minimum atomic E-state index is -1.08. The minimum Gasteiger partial charge on any atom is -0.379 e. The molecule has 418 valence electrons. The lowest BCUT2D eigenvalue weighted by atomic mass is 9.93. The molecule has 0 radical (unpaired) electrons. The number of nitrogens with two attached hydrogens (primary N) is 1. The molecular weight excluding hydrogens is 971 g/mol. The molecule has 2 heterocycles. The highest BCUT2D eigenvalue weighted by Crippen LogP contribution is 2.30. The van der Waals surface area contributed by atoms with E-state index < -0.39 is 47.5 Å². The first-order chi connectivity index (χ1) is 36.6. The average Bonchev–Trinajstić information content (AvgIpc) is 4.17. The number of aryl methyl sites for hydroxylation is 1. The van der Waals surface area contributed by atoms with Crippen LogP contribution in [0.15, 0.2) is 84.9 Å². The molecule has 0 saturated carbocycles. The Kier molecular flexibility index (Phi) is 26.0. The zero-order valence-electron chi connectivity index (χ0n) is 45.6. The first-order valence-corrected chi connectivity index (χ1v) is 27.3. The molecule has 18 heteroatoms. The molecule has 0 spiro atoms. The SMILES string of the molecule is CC(C)C[C@H](NC(=O)C(CCc1ccccc1)NC(=O)C[N+]1(Cc2ccc(C(=O)NCCCOCCOCCOCCCN)cc2)CCOCC1)C(=O)N[C@@H](Cc1ccccc1)C(=O)N[C@@H](CC(C)C)C(=O)[C@@]1(C)CO1. The molecule has 1 unspecified atom stereocenters. The second-order valence-corrected chi connectivity index (χ2v) is 21.2. The summed E-state index contributed by atoms with van der Waals surface area (Å²) < 4.78 is 28.1. The number of ketones is 1. The van der Waals surface area contributed by atoms with Crippen molar-refractivity contribution in [3.63, 3.8) is 0 Å². The van der Waals surface area contributed by atoms with Crippen LogP contribution in [0.2, 0.25) is 0 Å². The van der Waals surface area contributed by atoms with Gasteiger partial charge in [0.05, 0.1) is 52.3 Å². The maximum Gasteiger partial charge on any atom is 0.275 e. The van der Waals surface area contributed by atoms with Gasteiger partial charge in [0, 0.05) is 37.3 Å². The van der Waals surface area contributed by atoms with E-state index in [2.05, 4.69) is 26.6 Å². The van der Waals surface area contributed by atoms with Crippen LogP contribution >= 0.6 is 0 Å². The van der Waals surface area contributed by atoms with Crippen LogP contribution in [0.25, 0.3) is 0 Å². The van der Waals surface area contributed by atoms with Crippen LogP contribution in [0.3, 0.4) is 0 Å². The molecular formula is C58H86N7O11+. The fourth-order valence-corrected chi connectivity index (χ4v) is 9.13. The van der Waals surface area contributed by atoms with Gasteiger partial charge in [-0.05, 0) is 87.1 Å². The summed E-state index contributed by atoms with van der Waals surface area (Å²) in [5.74, 6) is -2.29. The van der Waals surface area contributed by atoms with Crippen molar-refractivity contribution in [2.24, 2.45) is 17.6 Å². The van der Waals surface area contributed by atoms with Crippen molar-refractivity contribution >= 4 is 35.3 Å². The van der Waals surface area contributed by atoms with Crippen LogP contribution in [0, 0.1) is 11.8 Å². The van der Waals surface area contributed by atoms with E-state index in [1.54, 1.807) is 19.1 Å². The van der Waals surface area contributed by atoms with Crippen LogP contribution in [0.4, 0.5) is 0 Å². The molecule has 7 N–H and O–H groups in total. The summed E-state index contributed by atoms with van der Waals surface area (Å²) in [6, 6.07) is 22.4. The Morgan fingerprint density at radius 3 is 1.75 bits per heavy atom. The molecule has 5 amide bonds. The van der Waals surface area contributed by atoms with Gasteiger partial charge in [-0.15, -0.1) is 0 Å². The van der Waals surface area contributed by atoms with E-state index in [0.29, 0.717) is 115 Å². The van der Waals surface area contributed by atoms with Crippen molar-refractivity contribution in [1.82, 2.24) is 26.6 Å². The molecule has 0 aliphatic carbocycles. The van der Waals surface area contributed by atoms with E-state index in [1.807, 2.05) is 100 Å². The molecule has 2 aliphatic heterocycles. The van der Waals surface area contributed by atoms with Gasteiger partial charge in [0.25, 0.3) is 11.8 Å². The van der Waals surface area contributed by atoms with Crippen molar-refractivity contribution in [3.8, 4) is 0 Å². The Morgan fingerprint density at radius 2 is 1.16 bits per heavy atom. The molecule has 0 aromatic heterocycles. The Labute approximate surface area is 450 Å². The zero-order chi connectivity index (χ0) is 54.8. The number of quaternary nitrogens is 1. The van der Waals surface area contributed by atoms with Gasteiger partial charge in [0.2, 0.25) is 17.7 Å². The van der Waals surface area contributed by atoms with Gasteiger partial charge in [-0.25, -0.2) is 0 Å². The lowest BCUT2D eigenvalue weighted by molar-refractivity contribution is -0.940. The molecule has 18 nitrogen and oxygen atoms in total. The van der Waals surface area contributed by atoms with Crippen LogP contribution in [0.5, 0.6) is 0 Å². The third-order valence-electron chi connectivity index (χ3n) is 13.5. The summed E-state index contributed by atoms with van der Waals surface area (Å²) in [4.78, 5) is 84.1. The predicted molar refractivity (Wildman–Crippen MR) is 290 cm³/mol. The number of morpholine rings is 1. The molecule has 5 atom stereocenters. The normalized spacial score (nSPS) is 17.5. The number of rotatable bonds is 36. The lowest BCUT2D eigenvalue weighted by Gasteiger charge is -2.41. The van der Waals surface area contributed by atoms with Gasteiger partial charge in [0.15, 0.2) is 12.3 Å². The third-order valence-corrected chi connectivity index (χ3v) is 13.5. The smallest absolute Gasteiger partial charge is 0.275 e. The topological polar surface area (TPSA) is 238 Å². The highest BCUT2D eigenvalue weighted by molar-refractivity contribution is 5.99. The van der Waals surface area contributed by atoms with Crippen LogP contribution in [-0.2, 0) is 67.0 Å². The van der Waals surface area contributed by atoms with Crippen LogP contribution < -0.4 is 32.3 Å². The van der Waals surface area contributed by atoms with Crippen molar-refractivity contribution in [2.75, 3.05) is 92.2 Å². The van der Waals surface area contributed by atoms with Gasteiger partial charge >= 0.3 is 0 Å². The second-order valence-electron chi connectivity index (χ2n) is 21.2. The Bertz CT molecular complexity index is 2240.